The molecule has 1 heterocycles. The average molecular weight is 199 g/mol. The number of ether oxygens (including phenoxy) is 1. The van der Waals surface area contributed by atoms with Gasteiger partial charge in [-0.15, -0.1) is 0 Å². The zero-order valence-electron chi connectivity index (χ0n) is 9.13. The van der Waals surface area contributed by atoms with Gasteiger partial charge in [-0.1, -0.05) is 12.1 Å². The molecule has 0 spiro atoms. The van der Waals surface area contributed by atoms with Crippen LogP contribution in [-0.2, 0) is 16.9 Å². The molecule has 0 aliphatic heterocycles. The van der Waals surface area contributed by atoms with E-state index in [2.05, 4.69) is 15.5 Å². The largest absolute Gasteiger partial charge is 0.377 e. The van der Waals surface area contributed by atoms with E-state index in [4.69, 9.17) is 9.26 Å². The standard InChI is InChI=1S/C9H17N3O2/c1-5-10-9(2,3)8-11-7(6-13-4)12-14-8/h10H,5-6H2,1-4H3. The van der Waals surface area contributed by atoms with E-state index < -0.39 is 0 Å². The van der Waals surface area contributed by atoms with Gasteiger partial charge in [0.05, 0.1) is 5.54 Å². The van der Waals surface area contributed by atoms with Crippen LogP contribution in [0.5, 0.6) is 0 Å². The lowest BCUT2D eigenvalue weighted by Gasteiger charge is -2.20. The maximum atomic E-state index is 5.13. The number of nitrogens with one attached hydrogen (secondary N) is 1. The Bertz CT molecular complexity index is 283. The Balaban J connectivity index is 2.74. The van der Waals surface area contributed by atoms with Crippen LogP contribution in [0.3, 0.4) is 0 Å². The first-order chi connectivity index (χ1) is 6.60. The fourth-order valence-electron chi connectivity index (χ4n) is 1.21. The number of aromatic nitrogens is 2. The number of nitrogens with zero attached hydrogens (tertiary/aromatic N) is 2. The number of hydrogen-bond acceptors (Lipinski definition) is 5. The molecule has 0 aromatic carbocycles. The van der Waals surface area contributed by atoms with E-state index in [9.17, 15) is 0 Å². The second-order valence-corrected chi connectivity index (χ2v) is 3.60. The molecular formula is C9H17N3O2. The fraction of sp³-hybridized carbons (Fsp3) is 0.778. The molecule has 80 valence electrons. The van der Waals surface area contributed by atoms with E-state index in [0.29, 0.717) is 18.3 Å². The summed E-state index contributed by atoms with van der Waals surface area (Å²) in [5.41, 5.74) is -0.284. The Labute approximate surface area is 83.8 Å². The van der Waals surface area contributed by atoms with Crippen LogP contribution in [-0.4, -0.2) is 23.8 Å². The second kappa shape index (κ2) is 4.52. The molecule has 5 heteroatoms. The van der Waals surface area contributed by atoms with Gasteiger partial charge < -0.3 is 14.6 Å². The van der Waals surface area contributed by atoms with Crippen molar-refractivity contribution in [2.45, 2.75) is 32.9 Å². The summed E-state index contributed by atoms with van der Waals surface area (Å²) in [6, 6.07) is 0. The Hall–Kier alpha value is -0.940. The lowest BCUT2D eigenvalue weighted by atomic mass is 10.1. The molecule has 14 heavy (non-hydrogen) atoms. The van der Waals surface area contributed by atoms with Crippen molar-refractivity contribution in [3.63, 3.8) is 0 Å². The lowest BCUT2D eigenvalue weighted by molar-refractivity contribution is 0.174. The molecule has 1 aromatic heterocycles. The molecule has 0 unspecified atom stereocenters. The second-order valence-electron chi connectivity index (χ2n) is 3.60. The third-order valence-electron chi connectivity index (χ3n) is 1.89. The smallest absolute Gasteiger partial charge is 0.246 e. The summed E-state index contributed by atoms with van der Waals surface area (Å²) < 4.78 is 10.0. The van der Waals surface area contributed by atoms with E-state index in [1.807, 2.05) is 20.8 Å². The average Bonchev–Trinajstić information content (AvgIpc) is 2.54. The first kappa shape index (κ1) is 11.1. The summed E-state index contributed by atoms with van der Waals surface area (Å²) in [7, 11) is 1.60. The van der Waals surface area contributed by atoms with Crippen molar-refractivity contribution in [1.29, 1.82) is 0 Å². The molecule has 0 aliphatic carbocycles. The fourth-order valence-corrected chi connectivity index (χ4v) is 1.21. The quantitative estimate of drug-likeness (QED) is 0.768. The van der Waals surface area contributed by atoms with Gasteiger partial charge in [0.15, 0.2) is 5.82 Å². The zero-order valence-corrected chi connectivity index (χ0v) is 9.13. The molecule has 0 saturated heterocycles. The highest BCUT2D eigenvalue weighted by Gasteiger charge is 2.26. The van der Waals surface area contributed by atoms with E-state index in [0.717, 1.165) is 6.54 Å². The van der Waals surface area contributed by atoms with E-state index in [1.165, 1.54) is 0 Å². The van der Waals surface area contributed by atoms with E-state index >= 15 is 0 Å². The predicted octanol–water partition coefficient (Wildman–Crippen LogP) is 1.06. The van der Waals surface area contributed by atoms with Crippen LogP contribution < -0.4 is 5.32 Å². The molecule has 0 bridgehead atoms. The number of hydrogen-bond donors (Lipinski definition) is 1. The molecular weight excluding hydrogens is 182 g/mol. The van der Waals surface area contributed by atoms with Crippen LogP contribution in [0.25, 0.3) is 0 Å². The summed E-state index contributed by atoms with van der Waals surface area (Å²) in [6.07, 6.45) is 0. The van der Waals surface area contributed by atoms with Gasteiger partial charge >= 0.3 is 0 Å². The molecule has 0 atom stereocenters. The van der Waals surface area contributed by atoms with Gasteiger partial charge in [0.25, 0.3) is 0 Å². The number of rotatable bonds is 5. The molecule has 1 rings (SSSR count). The van der Waals surface area contributed by atoms with Crippen LogP contribution in [0.2, 0.25) is 0 Å². The van der Waals surface area contributed by atoms with E-state index in [-0.39, 0.29) is 5.54 Å². The highest BCUT2D eigenvalue weighted by atomic mass is 16.5. The van der Waals surface area contributed by atoms with Gasteiger partial charge in [-0.25, -0.2) is 0 Å². The molecule has 0 radical (unpaired) electrons. The van der Waals surface area contributed by atoms with Gasteiger partial charge in [-0.2, -0.15) is 4.98 Å². The maximum absolute atomic E-state index is 5.13. The van der Waals surface area contributed by atoms with Gasteiger partial charge in [0, 0.05) is 7.11 Å². The minimum absolute atomic E-state index is 0.284. The van der Waals surface area contributed by atoms with Crippen LogP contribution >= 0.6 is 0 Å². The first-order valence-corrected chi connectivity index (χ1v) is 4.67. The maximum Gasteiger partial charge on any atom is 0.246 e. The molecule has 0 amide bonds. The Kier molecular flexibility index (Phi) is 3.60. The SMILES string of the molecule is CCNC(C)(C)c1nc(COC)no1. The Morgan fingerprint density at radius 3 is 2.79 bits per heavy atom. The summed E-state index contributed by atoms with van der Waals surface area (Å²) in [4.78, 5) is 4.22. The first-order valence-electron chi connectivity index (χ1n) is 4.67. The topological polar surface area (TPSA) is 60.2 Å². The molecule has 0 fully saturated rings. The van der Waals surface area contributed by atoms with E-state index in [1.54, 1.807) is 7.11 Å². The molecule has 5 nitrogen and oxygen atoms in total. The van der Waals surface area contributed by atoms with Crippen LogP contribution in [0, 0.1) is 0 Å². The van der Waals surface area contributed by atoms with Gasteiger partial charge in [0.1, 0.15) is 6.61 Å². The van der Waals surface area contributed by atoms with Crippen molar-refractivity contribution in [2.24, 2.45) is 0 Å². The summed E-state index contributed by atoms with van der Waals surface area (Å²) >= 11 is 0. The summed E-state index contributed by atoms with van der Waals surface area (Å²) in [5.74, 6) is 1.17. The van der Waals surface area contributed by atoms with Crippen molar-refractivity contribution in [3.05, 3.63) is 11.7 Å². The zero-order chi connectivity index (χ0) is 10.6. The van der Waals surface area contributed by atoms with Crippen molar-refractivity contribution in [3.8, 4) is 0 Å². The predicted molar refractivity (Wildman–Crippen MR) is 51.7 cm³/mol. The monoisotopic (exact) mass is 199 g/mol. The van der Waals surface area contributed by atoms with Crippen LogP contribution in [0.1, 0.15) is 32.5 Å². The minimum atomic E-state index is -0.284. The van der Waals surface area contributed by atoms with Gasteiger partial charge in [-0.05, 0) is 20.4 Å². The van der Waals surface area contributed by atoms with Gasteiger partial charge in [0.2, 0.25) is 5.89 Å². The molecule has 1 N–H and O–H groups in total. The Morgan fingerprint density at radius 2 is 2.21 bits per heavy atom. The normalized spacial score (nSPS) is 12.0. The summed E-state index contributed by atoms with van der Waals surface area (Å²) in [6.45, 7) is 7.27. The van der Waals surface area contributed by atoms with Crippen molar-refractivity contribution in [2.75, 3.05) is 13.7 Å². The Morgan fingerprint density at radius 1 is 1.50 bits per heavy atom. The lowest BCUT2D eigenvalue weighted by Crippen LogP contribution is -2.36. The van der Waals surface area contributed by atoms with Crippen molar-refractivity contribution >= 4 is 0 Å². The minimum Gasteiger partial charge on any atom is -0.377 e. The third kappa shape index (κ3) is 2.52. The highest BCUT2D eigenvalue weighted by molar-refractivity contribution is 4.98. The molecule has 1 aromatic rings. The number of methoxy groups -OCH3 is 1. The van der Waals surface area contributed by atoms with Crippen LogP contribution in [0.15, 0.2) is 4.52 Å². The van der Waals surface area contributed by atoms with Crippen molar-refractivity contribution in [1.82, 2.24) is 15.5 Å². The highest BCUT2D eigenvalue weighted by Crippen LogP contribution is 2.17. The van der Waals surface area contributed by atoms with Gasteiger partial charge in [-0.3, -0.25) is 0 Å². The summed E-state index contributed by atoms with van der Waals surface area (Å²) in [5, 5.41) is 7.06. The molecule has 0 saturated carbocycles. The third-order valence-corrected chi connectivity index (χ3v) is 1.89. The van der Waals surface area contributed by atoms with Crippen molar-refractivity contribution < 1.29 is 9.26 Å². The molecule has 0 aliphatic rings. The van der Waals surface area contributed by atoms with Crippen LogP contribution in [0.4, 0.5) is 0 Å².